The molecule has 9 heteroatoms. The molecule has 0 aliphatic carbocycles. The molecule has 0 bridgehead atoms. The van der Waals surface area contributed by atoms with E-state index in [-0.39, 0.29) is 61.6 Å². The largest absolute Gasteiger partial charge is 0.462 e. The fraction of sp³-hybridized carbons (Fsp3) is 0.444. The highest BCUT2D eigenvalue weighted by Gasteiger charge is 2.30. The minimum Gasteiger partial charge on any atom is -0.462 e. The third-order valence-corrected chi connectivity index (χ3v) is 4.48. The van der Waals surface area contributed by atoms with Crippen LogP contribution in [0.15, 0.2) is 11.0 Å². The van der Waals surface area contributed by atoms with Crippen LogP contribution in [-0.4, -0.2) is 43.4 Å². The lowest BCUT2D eigenvalue weighted by atomic mass is 10.1. The highest BCUT2D eigenvalue weighted by atomic mass is 19.2. The maximum Gasteiger partial charge on any atom is 0.343 e. The first-order valence-electron chi connectivity index (χ1n) is 8.65. The fourth-order valence-electron chi connectivity index (χ4n) is 3.22. The van der Waals surface area contributed by atoms with E-state index < -0.39 is 28.8 Å². The van der Waals surface area contributed by atoms with Crippen LogP contribution in [0.4, 0.5) is 18.9 Å². The molecule has 0 N–H and O–H groups in total. The first kappa shape index (κ1) is 19.2. The Morgan fingerprint density at radius 2 is 1.81 bits per heavy atom. The van der Waals surface area contributed by atoms with Crippen molar-refractivity contribution in [2.45, 2.75) is 20.4 Å². The van der Waals surface area contributed by atoms with Crippen LogP contribution in [0, 0.1) is 17.5 Å². The van der Waals surface area contributed by atoms with Crippen LogP contribution >= 0.6 is 0 Å². The maximum atomic E-state index is 14.7. The Balaban J connectivity index is 2.43. The normalized spacial score (nSPS) is 14.6. The molecule has 1 aromatic heterocycles. The SMILES string of the molecule is CCOC(=O)c1cn(CC)c2c(F)c(F)c(F)c(N3CCOCC3)c2c1=O. The van der Waals surface area contributed by atoms with Crippen LogP contribution in [0.25, 0.3) is 10.9 Å². The third-order valence-electron chi connectivity index (χ3n) is 4.48. The van der Waals surface area contributed by atoms with Gasteiger partial charge in [-0.2, -0.15) is 0 Å². The second-order valence-corrected chi connectivity index (χ2v) is 5.99. The van der Waals surface area contributed by atoms with Gasteiger partial charge in [-0.05, 0) is 13.8 Å². The highest BCUT2D eigenvalue weighted by molar-refractivity contribution is 5.99. The zero-order chi connectivity index (χ0) is 19.7. The molecule has 146 valence electrons. The van der Waals surface area contributed by atoms with E-state index in [0.717, 1.165) is 6.20 Å². The molecule has 0 unspecified atom stereocenters. The summed E-state index contributed by atoms with van der Waals surface area (Å²) in [6.07, 6.45) is 1.12. The number of benzene rings is 1. The number of ether oxygens (including phenoxy) is 2. The van der Waals surface area contributed by atoms with Gasteiger partial charge in [0.2, 0.25) is 5.43 Å². The van der Waals surface area contributed by atoms with Crippen LogP contribution in [0.1, 0.15) is 24.2 Å². The Kier molecular flexibility index (Phi) is 5.41. The van der Waals surface area contributed by atoms with Crippen molar-refractivity contribution in [2.24, 2.45) is 0 Å². The van der Waals surface area contributed by atoms with E-state index in [9.17, 15) is 22.8 Å². The predicted octanol–water partition coefficient (Wildman–Crippen LogP) is 2.45. The molecule has 0 saturated carbocycles. The number of pyridine rings is 1. The summed E-state index contributed by atoms with van der Waals surface area (Å²) in [5, 5.41) is -0.374. The quantitative estimate of drug-likeness (QED) is 0.599. The molecule has 27 heavy (non-hydrogen) atoms. The van der Waals surface area contributed by atoms with E-state index in [4.69, 9.17) is 9.47 Å². The number of esters is 1. The lowest BCUT2D eigenvalue weighted by Gasteiger charge is -2.30. The number of rotatable bonds is 4. The lowest BCUT2D eigenvalue weighted by Crippen LogP contribution is -2.38. The van der Waals surface area contributed by atoms with Gasteiger partial charge in [-0.15, -0.1) is 0 Å². The van der Waals surface area contributed by atoms with Crippen molar-refractivity contribution >= 4 is 22.6 Å². The molecule has 6 nitrogen and oxygen atoms in total. The van der Waals surface area contributed by atoms with Crippen molar-refractivity contribution in [3.05, 3.63) is 39.4 Å². The van der Waals surface area contributed by atoms with Gasteiger partial charge >= 0.3 is 5.97 Å². The van der Waals surface area contributed by atoms with Gasteiger partial charge in [-0.25, -0.2) is 18.0 Å². The standard InChI is InChI=1S/C18H19F3N2O4/c1-3-22-9-10(18(25)27-4-2)17(24)11-15(22)13(20)12(19)14(21)16(11)23-5-7-26-8-6-23/h9H,3-8H2,1-2H3. The first-order chi connectivity index (χ1) is 12.9. The Hall–Kier alpha value is -2.55. The number of hydrogen-bond acceptors (Lipinski definition) is 5. The number of aromatic nitrogens is 1. The highest BCUT2D eigenvalue weighted by Crippen LogP contribution is 2.33. The number of carbonyl (C=O) groups is 1. The van der Waals surface area contributed by atoms with E-state index in [1.807, 2.05) is 0 Å². The number of hydrogen-bond donors (Lipinski definition) is 0. The maximum absolute atomic E-state index is 14.7. The molecule has 3 rings (SSSR count). The first-order valence-corrected chi connectivity index (χ1v) is 8.65. The molecule has 0 radical (unpaired) electrons. The summed E-state index contributed by atoms with van der Waals surface area (Å²) in [6.45, 7) is 4.27. The molecule has 1 aliphatic rings. The topological polar surface area (TPSA) is 60.8 Å². The Bertz CT molecular complexity index is 952. The number of fused-ring (bicyclic) bond motifs is 1. The summed E-state index contributed by atoms with van der Waals surface area (Å²) in [7, 11) is 0. The molecular formula is C18H19F3N2O4. The Morgan fingerprint density at radius 1 is 1.15 bits per heavy atom. The minimum absolute atomic E-state index is 0.0326. The van der Waals surface area contributed by atoms with Gasteiger partial charge in [0.15, 0.2) is 17.5 Å². The number of carbonyl (C=O) groups excluding carboxylic acids is 1. The molecule has 0 amide bonds. The lowest BCUT2D eigenvalue weighted by molar-refractivity contribution is 0.0524. The van der Waals surface area contributed by atoms with E-state index in [1.165, 1.54) is 9.47 Å². The average Bonchev–Trinajstić information content (AvgIpc) is 2.68. The number of anilines is 1. The van der Waals surface area contributed by atoms with E-state index in [0.29, 0.717) is 0 Å². The zero-order valence-electron chi connectivity index (χ0n) is 15.0. The summed E-state index contributed by atoms with van der Waals surface area (Å²) in [4.78, 5) is 26.6. The van der Waals surface area contributed by atoms with Gasteiger partial charge in [-0.1, -0.05) is 0 Å². The van der Waals surface area contributed by atoms with Gasteiger partial charge in [0, 0.05) is 25.8 Å². The second-order valence-electron chi connectivity index (χ2n) is 5.99. The van der Waals surface area contributed by atoms with Crippen molar-refractivity contribution in [1.82, 2.24) is 4.57 Å². The summed E-state index contributed by atoms with van der Waals surface area (Å²) >= 11 is 0. The Labute approximate surface area is 153 Å². The van der Waals surface area contributed by atoms with Crippen LogP contribution in [0.3, 0.4) is 0 Å². The van der Waals surface area contributed by atoms with E-state index in [1.54, 1.807) is 13.8 Å². The van der Waals surface area contributed by atoms with E-state index >= 15 is 0 Å². The van der Waals surface area contributed by atoms with Gasteiger partial charge in [0.1, 0.15) is 5.56 Å². The predicted molar refractivity (Wildman–Crippen MR) is 92.7 cm³/mol. The fourth-order valence-corrected chi connectivity index (χ4v) is 3.22. The van der Waals surface area contributed by atoms with Crippen LogP contribution in [0.2, 0.25) is 0 Å². The third kappa shape index (κ3) is 3.16. The molecule has 1 aromatic carbocycles. The number of halogens is 3. The van der Waals surface area contributed by atoms with Crippen molar-refractivity contribution in [1.29, 1.82) is 0 Å². The molecular weight excluding hydrogens is 365 g/mol. The van der Waals surface area contributed by atoms with Gasteiger partial charge in [-0.3, -0.25) is 4.79 Å². The van der Waals surface area contributed by atoms with Crippen LogP contribution in [-0.2, 0) is 16.0 Å². The van der Waals surface area contributed by atoms with Gasteiger partial charge < -0.3 is 18.9 Å². The van der Waals surface area contributed by atoms with Crippen molar-refractivity contribution in [3.8, 4) is 0 Å². The summed E-state index contributed by atoms with van der Waals surface area (Å²) in [6, 6.07) is 0. The Morgan fingerprint density at radius 3 is 2.41 bits per heavy atom. The van der Waals surface area contributed by atoms with Crippen molar-refractivity contribution < 1.29 is 27.4 Å². The van der Waals surface area contributed by atoms with E-state index in [2.05, 4.69) is 0 Å². The molecule has 2 heterocycles. The average molecular weight is 384 g/mol. The zero-order valence-corrected chi connectivity index (χ0v) is 15.0. The van der Waals surface area contributed by atoms with Crippen molar-refractivity contribution in [2.75, 3.05) is 37.8 Å². The molecule has 1 saturated heterocycles. The summed E-state index contributed by atoms with van der Waals surface area (Å²) in [5.41, 5.74) is -1.99. The minimum atomic E-state index is -1.66. The summed E-state index contributed by atoms with van der Waals surface area (Å²) in [5.74, 6) is -5.48. The van der Waals surface area contributed by atoms with Crippen LogP contribution in [0.5, 0.6) is 0 Å². The molecule has 1 fully saturated rings. The number of aryl methyl sites for hydroxylation is 1. The van der Waals surface area contributed by atoms with Crippen LogP contribution < -0.4 is 10.3 Å². The smallest absolute Gasteiger partial charge is 0.343 e. The summed E-state index contributed by atoms with van der Waals surface area (Å²) < 4.78 is 54.9. The molecule has 0 atom stereocenters. The second kappa shape index (κ2) is 7.59. The van der Waals surface area contributed by atoms with Crippen molar-refractivity contribution in [3.63, 3.8) is 0 Å². The van der Waals surface area contributed by atoms with Gasteiger partial charge in [0.05, 0.1) is 36.4 Å². The molecule has 0 spiro atoms. The molecule has 2 aromatic rings. The number of nitrogens with zero attached hydrogens (tertiary/aromatic N) is 2. The number of morpholine rings is 1. The van der Waals surface area contributed by atoms with Gasteiger partial charge in [0.25, 0.3) is 0 Å². The monoisotopic (exact) mass is 384 g/mol. The molecule has 1 aliphatic heterocycles.